The first-order valence-corrected chi connectivity index (χ1v) is 11.9. The van der Waals surface area contributed by atoms with Gasteiger partial charge in [-0.25, -0.2) is 24.1 Å². The molecule has 1 N–H and O–H groups in total. The van der Waals surface area contributed by atoms with E-state index in [0.717, 1.165) is 0 Å². The number of carbonyl (C=O) groups is 3. The molecule has 0 aliphatic rings. The highest BCUT2D eigenvalue weighted by atomic mass is 79.9. The largest absolute Gasteiger partial charge is 0.444 e. The second kappa shape index (κ2) is 11.6. The zero-order chi connectivity index (χ0) is 25.5. The van der Waals surface area contributed by atoms with E-state index < -0.39 is 29.4 Å². The van der Waals surface area contributed by atoms with E-state index in [1.54, 1.807) is 41.5 Å². The normalized spacial score (nSPS) is 12.8. The number of ketones is 1. The lowest BCUT2D eigenvalue weighted by molar-refractivity contribution is 0.0470. The van der Waals surface area contributed by atoms with Gasteiger partial charge in [0.15, 0.2) is 0 Å². The Labute approximate surface area is 207 Å². The number of hydrogen-bond donors (Lipinski definition) is 1. The summed E-state index contributed by atoms with van der Waals surface area (Å²) in [5, 5.41) is 2.82. The molecule has 0 saturated carbocycles. The highest BCUT2D eigenvalue weighted by Gasteiger charge is 2.28. The molecule has 0 spiro atoms. The maximum Gasteiger partial charge on any atom is 0.420 e. The van der Waals surface area contributed by atoms with Crippen LogP contribution in [0.5, 0.6) is 0 Å². The highest BCUT2D eigenvalue weighted by Crippen LogP contribution is 2.24. The Kier molecular flexibility index (Phi) is 9.43. The van der Waals surface area contributed by atoms with Gasteiger partial charge in [0, 0.05) is 12.6 Å². The molecule has 1 amide bonds. The van der Waals surface area contributed by atoms with Crippen LogP contribution in [-0.4, -0.2) is 43.7 Å². The second-order valence-corrected chi connectivity index (χ2v) is 10.6. The van der Waals surface area contributed by atoms with Crippen molar-refractivity contribution < 1.29 is 28.3 Å². The van der Waals surface area contributed by atoms with E-state index in [9.17, 15) is 14.4 Å². The molecule has 1 atom stereocenters. The highest BCUT2D eigenvalue weighted by molar-refractivity contribution is 9.10. The van der Waals surface area contributed by atoms with Gasteiger partial charge in [-0.15, -0.1) is 0 Å². The summed E-state index contributed by atoms with van der Waals surface area (Å²) in [4.78, 5) is 45.6. The van der Waals surface area contributed by atoms with Crippen LogP contribution >= 0.6 is 15.9 Å². The molecule has 0 bridgehead atoms. The number of halogens is 1. The molecule has 34 heavy (non-hydrogen) atoms. The fourth-order valence-corrected chi connectivity index (χ4v) is 3.45. The number of aromatic nitrogens is 3. The first-order chi connectivity index (χ1) is 15.7. The molecule has 0 fully saturated rings. The molecule has 10 nitrogen and oxygen atoms in total. The van der Waals surface area contributed by atoms with Gasteiger partial charge in [-0.05, 0) is 70.3 Å². The lowest BCUT2D eigenvalue weighted by atomic mass is 10.1. The topological polar surface area (TPSA) is 126 Å². The summed E-state index contributed by atoms with van der Waals surface area (Å²) in [5.41, 5.74) is -1.38. The zero-order valence-corrected chi connectivity index (χ0v) is 22.1. The summed E-state index contributed by atoms with van der Waals surface area (Å²) in [6, 6.07) is -0.615. The molecule has 188 valence electrons. The van der Waals surface area contributed by atoms with Crippen molar-refractivity contribution in [2.24, 2.45) is 0 Å². The Morgan fingerprint density at radius 1 is 1.09 bits per heavy atom. The summed E-state index contributed by atoms with van der Waals surface area (Å²) in [5.74, 6) is 0.273. The number of nitrogens with one attached hydrogen (secondary N) is 1. The summed E-state index contributed by atoms with van der Waals surface area (Å²) < 4.78 is 17.6. The first kappa shape index (κ1) is 27.6. The zero-order valence-electron chi connectivity index (χ0n) is 20.5. The van der Waals surface area contributed by atoms with Crippen LogP contribution < -0.4 is 5.32 Å². The van der Waals surface area contributed by atoms with E-state index in [-0.39, 0.29) is 11.7 Å². The van der Waals surface area contributed by atoms with Crippen molar-refractivity contribution in [2.45, 2.75) is 90.9 Å². The van der Waals surface area contributed by atoms with Crippen LogP contribution in [-0.2, 0) is 9.47 Å². The number of imidazole rings is 1. The number of carbonyl (C=O) groups excluding carboxylic acids is 3. The second-order valence-electron chi connectivity index (χ2n) is 9.83. The van der Waals surface area contributed by atoms with E-state index in [2.05, 4.69) is 31.2 Å². The number of alkyl carbamates (subject to hydrolysis) is 1. The molecule has 0 radical (unpaired) electrons. The van der Waals surface area contributed by atoms with Crippen LogP contribution in [0.3, 0.4) is 0 Å². The third kappa shape index (κ3) is 9.28. The standard InChI is InChI=1S/C23H33BrN4O6/c1-22(2,3)33-20(30)26-15(10-8-7-9-11-16(29)19-25-12-13-32-19)18-27-17(24)14-28(18)21(31)34-23(4,5)6/h12-15H,7-11H2,1-6H3,(H,26,30). The van der Waals surface area contributed by atoms with Crippen molar-refractivity contribution in [1.82, 2.24) is 19.9 Å². The minimum Gasteiger partial charge on any atom is -0.444 e. The molecule has 11 heteroatoms. The van der Waals surface area contributed by atoms with Gasteiger partial charge in [0.1, 0.15) is 27.9 Å². The van der Waals surface area contributed by atoms with Gasteiger partial charge in [0.25, 0.3) is 5.89 Å². The van der Waals surface area contributed by atoms with Crippen molar-refractivity contribution in [3.8, 4) is 0 Å². The number of rotatable bonds is 9. The Balaban J connectivity index is 2.09. The first-order valence-electron chi connectivity index (χ1n) is 11.2. The number of nitrogens with zero attached hydrogens (tertiary/aromatic N) is 3. The van der Waals surface area contributed by atoms with Crippen molar-refractivity contribution in [3.05, 3.63) is 35.0 Å². The minimum atomic E-state index is -0.700. The lowest BCUT2D eigenvalue weighted by Gasteiger charge is -2.25. The maximum atomic E-state index is 12.8. The monoisotopic (exact) mass is 540 g/mol. The number of Topliss-reactive ketones (excluding diaryl/α,β-unsaturated/α-hetero) is 1. The molecular weight excluding hydrogens is 508 g/mol. The van der Waals surface area contributed by atoms with Crippen molar-refractivity contribution in [1.29, 1.82) is 0 Å². The quantitative estimate of drug-likeness (QED) is 0.311. The smallest absolute Gasteiger partial charge is 0.420 e. The van der Waals surface area contributed by atoms with Crippen molar-refractivity contribution >= 4 is 33.9 Å². The van der Waals surface area contributed by atoms with Crippen LogP contribution in [0.15, 0.2) is 27.7 Å². The Bertz CT molecular complexity index is 973. The number of oxazole rings is 1. The van der Waals surface area contributed by atoms with Crippen LogP contribution in [0.2, 0.25) is 0 Å². The lowest BCUT2D eigenvalue weighted by Crippen LogP contribution is -2.37. The predicted molar refractivity (Wildman–Crippen MR) is 128 cm³/mol. The van der Waals surface area contributed by atoms with Gasteiger partial charge in [-0.3, -0.25) is 4.79 Å². The molecule has 0 aliphatic carbocycles. The Morgan fingerprint density at radius 2 is 1.76 bits per heavy atom. The third-order valence-electron chi connectivity index (χ3n) is 4.36. The predicted octanol–water partition coefficient (Wildman–Crippen LogP) is 5.82. The van der Waals surface area contributed by atoms with Gasteiger partial charge in [0.2, 0.25) is 5.78 Å². The molecule has 1 unspecified atom stereocenters. The van der Waals surface area contributed by atoms with Crippen LogP contribution in [0.25, 0.3) is 0 Å². The van der Waals surface area contributed by atoms with E-state index in [4.69, 9.17) is 13.9 Å². The number of amides is 1. The van der Waals surface area contributed by atoms with Crippen LogP contribution in [0, 0.1) is 0 Å². The summed E-state index contributed by atoms with van der Waals surface area (Å²) in [7, 11) is 0. The van der Waals surface area contributed by atoms with Crippen molar-refractivity contribution in [3.63, 3.8) is 0 Å². The van der Waals surface area contributed by atoms with E-state index >= 15 is 0 Å². The summed E-state index contributed by atoms with van der Waals surface area (Å²) >= 11 is 3.31. The average molecular weight is 541 g/mol. The Morgan fingerprint density at radius 3 is 2.35 bits per heavy atom. The average Bonchev–Trinajstić information content (AvgIpc) is 3.33. The van der Waals surface area contributed by atoms with Gasteiger partial charge in [0.05, 0.1) is 12.2 Å². The van der Waals surface area contributed by atoms with Gasteiger partial charge in [-0.2, -0.15) is 0 Å². The molecule has 2 heterocycles. The summed E-state index contributed by atoms with van der Waals surface area (Å²) in [6.45, 7) is 10.6. The molecule has 0 saturated heterocycles. The number of hydrogen-bond acceptors (Lipinski definition) is 8. The fraction of sp³-hybridized carbons (Fsp3) is 0.609. The Hall–Kier alpha value is -2.69. The van der Waals surface area contributed by atoms with Crippen LogP contribution in [0.4, 0.5) is 9.59 Å². The van der Waals surface area contributed by atoms with Crippen LogP contribution in [0.1, 0.15) is 96.2 Å². The van der Waals surface area contributed by atoms with Gasteiger partial charge >= 0.3 is 12.2 Å². The molecule has 2 aromatic heterocycles. The molecule has 0 aliphatic heterocycles. The number of unbranched alkanes of at least 4 members (excludes halogenated alkanes) is 2. The van der Waals surface area contributed by atoms with Crippen molar-refractivity contribution in [2.75, 3.05) is 0 Å². The molecule has 0 aromatic carbocycles. The number of ether oxygens (including phenoxy) is 2. The fourth-order valence-electron chi connectivity index (χ4n) is 3.06. The van der Waals surface area contributed by atoms with E-state index in [0.29, 0.717) is 42.5 Å². The van der Waals surface area contributed by atoms with E-state index in [1.165, 1.54) is 23.2 Å². The molecule has 2 rings (SSSR count). The summed E-state index contributed by atoms with van der Waals surface area (Å²) in [6.07, 6.45) is 5.87. The maximum absolute atomic E-state index is 12.8. The third-order valence-corrected chi connectivity index (χ3v) is 4.75. The van der Waals surface area contributed by atoms with Gasteiger partial charge in [-0.1, -0.05) is 12.8 Å². The molecule has 2 aromatic rings. The van der Waals surface area contributed by atoms with E-state index in [1.807, 2.05) is 0 Å². The molecular formula is C23H33BrN4O6. The SMILES string of the molecule is CC(C)(C)OC(=O)NC(CCCCCC(=O)c1ncco1)c1nc(Br)cn1C(=O)OC(C)(C)C. The minimum absolute atomic E-state index is 0.105. The van der Waals surface area contributed by atoms with Gasteiger partial charge < -0.3 is 19.2 Å².